The molecular weight excluding hydrogens is 460 g/mol. The topological polar surface area (TPSA) is 80.6 Å². The number of fused-ring (bicyclic) bond motifs is 2. The number of ether oxygens (including phenoxy) is 1. The zero-order valence-electron chi connectivity index (χ0n) is 17.3. The van der Waals surface area contributed by atoms with Gasteiger partial charge in [0.2, 0.25) is 5.76 Å². The van der Waals surface area contributed by atoms with Gasteiger partial charge in [-0.25, -0.2) is 0 Å². The van der Waals surface area contributed by atoms with Gasteiger partial charge in [0.15, 0.2) is 0 Å². The van der Waals surface area contributed by atoms with Gasteiger partial charge in [0.25, 0.3) is 11.8 Å². The molecule has 0 aliphatic rings. The highest BCUT2D eigenvalue weighted by atomic mass is 35.5. The molecule has 0 spiro atoms. The number of benzene rings is 3. The number of carbonyl (C=O) groups is 2. The molecule has 0 unspecified atom stereocenters. The minimum Gasteiger partial charge on any atom is -0.497 e. The Hall–Kier alpha value is -3.81. The molecule has 6 nitrogen and oxygen atoms in total. The lowest BCUT2D eigenvalue weighted by molar-refractivity contribution is 0.0999. The van der Waals surface area contributed by atoms with Gasteiger partial charge in [-0.15, -0.1) is 11.3 Å². The molecule has 0 fully saturated rings. The molecule has 0 atom stereocenters. The van der Waals surface area contributed by atoms with Crippen LogP contribution >= 0.6 is 22.9 Å². The van der Waals surface area contributed by atoms with Crippen LogP contribution in [0.25, 0.3) is 21.1 Å². The number of anilines is 2. The van der Waals surface area contributed by atoms with Crippen molar-refractivity contribution in [3.63, 3.8) is 0 Å². The van der Waals surface area contributed by atoms with Gasteiger partial charge in [-0.2, -0.15) is 0 Å². The molecule has 164 valence electrons. The van der Waals surface area contributed by atoms with Crippen molar-refractivity contribution < 1.29 is 18.7 Å². The lowest BCUT2D eigenvalue weighted by atomic mass is 10.2. The van der Waals surface area contributed by atoms with Crippen LogP contribution in [0.1, 0.15) is 20.2 Å². The van der Waals surface area contributed by atoms with E-state index in [1.165, 1.54) is 11.3 Å². The summed E-state index contributed by atoms with van der Waals surface area (Å²) in [5.41, 5.74) is 1.33. The van der Waals surface area contributed by atoms with E-state index >= 15 is 0 Å². The molecule has 5 aromatic rings. The fourth-order valence-corrected chi connectivity index (χ4v) is 4.93. The Balaban J connectivity index is 1.50. The van der Waals surface area contributed by atoms with E-state index in [0.717, 1.165) is 10.1 Å². The number of halogens is 1. The van der Waals surface area contributed by atoms with E-state index in [-0.39, 0.29) is 11.4 Å². The maximum Gasteiger partial charge on any atom is 0.293 e. The van der Waals surface area contributed by atoms with Crippen LogP contribution in [-0.4, -0.2) is 18.9 Å². The third-order valence-electron chi connectivity index (χ3n) is 5.13. The number of hydrogen-bond acceptors (Lipinski definition) is 5. The molecule has 2 heterocycles. The standard InChI is InChI=1S/C25H17ClN2O4S/c1-31-15-12-10-14(11-13-15)27-24(29)22-21(16-6-2-4-8-18(16)32-22)28-25(30)23-20(26)17-7-3-5-9-19(17)33-23/h2-13H,1H3,(H,27,29)(H,28,30). The summed E-state index contributed by atoms with van der Waals surface area (Å²) >= 11 is 7.77. The molecule has 0 radical (unpaired) electrons. The summed E-state index contributed by atoms with van der Waals surface area (Å²) in [5, 5.41) is 7.45. The third kappa shape index (κ3) is 3.92. The first kappa shape index (κ1) is 21.1. The van der Waals surface area contributed by atoms with Crippen molar-refractivity contribution in [2.45, 2.75) is 0 Å². The molecule has 0 saturated heterocycles. The van der Waals surface area contributed by atoms with Crippen molar-refractivity contribution >= 4 is 67.2 Å². The number of furan rings is 1. The summed E-state index contributed by atoms with van der Waals surface area (Å²) in [6, 6.07) is 21.6. The van der Waals surface area contributed by atoms with Gasteiger partial charge in [0.05, 0.1) is 12.1 Å². The molecule has 0 bridgehead atoms. The Morgan fingerprint density at radius 3 is 2.30 bits per heavy atom. The van der Waals surface area contributed by atoms with Crippen LogP contribution in [0.4, 0.5) is 11.4 Å². The smallest absolute Gasteiger partial charge is 0.293 e. The second-order valence-corrected chi connectivity index (χ2v) is 8.61. The number of nitrogens with one attached hydrogen (secondary N) is 2. The quantitative estimate of drug-likeness (QED) is 0.292. The molecular formula is C25H17ClN2O4S. The van der Waals surface area contributed by atoms with Crippen LogP contribution in [-0.2, 0) is 0 Å². The number of amides is 2. The van der Waals surface area contributed by atoms with E-state index in [2.05, 4.69) is 10.6 Å². The lowest BCUT2D eigenvalue weighted by Crippen LogP contribution is -2.16. The minimum atomic E-state index is -0.492. The van der Waals surface area contributed by atoms with Gasteiger partial charge in [-0.05, 0) is 42.5 Å². The van der Waals surface area contributed by atoms with Crippen molar-refractivity contribution in [1.82, 2.24) is 0 Å². The van der Waals surface area contributed by atoms with Crippen molar-refractivity contribution in [2.24, 2.45) is 0 Å². The average Bonchev–Trinajstić information content (AvgIpc) is 3.38. The molecule has 8 heteroatoms. The summed E-state index contributed by atoms with van der Waals surface area (Å²) in [6.07, 6.45) is 0. The molecule has 0 aliphatic carbocycles. The molecule has 33 heavy (non-hydrogen) atoms. The first-order chi connectivity index (χ1) is 16.0. The van der Waals surface area contributed by atoms with Crippen LogP contribution in [0.3, 0.4) is 0 Å². The summed E-state index contributed by atoms with van der Waals surface area (Å²) < 4.78 is 11.9. The molecule has 2 amide bonds. The van der Waals surface area contributed by atoms with Gasteiger partial charge in [0.1, 0.15) is 21.9 Å². The fourth-order valence-electron chi connectivity index (χ4n) is 3.52. The number of methoxy groups -OCH3 is 1. The minimum absolute atomic E-state index is 0.00222. The second-order valence-electron chi connectivity index (χ2n) is 7.18. The van der Waals surface area contributed by atoms with Crippen molar-refractivity contribution in [3.05, 3.63) is 88.5 Å². The SMILES string of the molecule is COc1ccc(NC(=O)c2oc3ccccc3c2NC(=O)c2sc3ccccc3c2Cl)cc1. The predicted molar refractivity (Wildman–Crippen MR) is 132 cm³/mol. The Bertz CT molecular complexity index is 1500. The molecule has 2 N–H and O–H groups in total. The zero-order valence-corrected chi connectivity index (χ0v) is 18.9. The molecule has 2 aromatic heterocycles. The van der Waals surface area contributed by atoms with Crippen molar-refractivity contribution in [3.8, 4) is 5.75 Å². The second kappa shape index (κ2) is 8.61. The Morgan fingerprint density at radius 1 is 0.879 bits per heavy atom. The highest BCUT2D eigenvalue weighted by Crippen LogP contribution is 2.37. The highest BCUT2D eigenvalue weighted by molar-refractivity contribution is 7.21. The molecule has 3 aromatic carbocycles. The van der Waals surface area contributed by atoms with Gasteiger partial charge >= 0.3 is 0 Å². The number of para-hydroxylation sites is 1. The summed E-state index contributed by atoms with van der Waals surface area (Å²) in [6.45, 7) is 0. The normalized spacial score (nSPS) is 11.0. The van der Waals surface area contributed by atoms with Crippen LogP contribution < -0.4 is 15.4 Å². The Labute approximate surface area is 197 Å². The molecule has 5 rings (SSSR count). The average molecular weight is 477 g/mol. The number of rotatable bonds is 5. The van der Waals surface area contributed by atoms with E-state index in [0.29, 0.717) is 32.3 Å². The maximum atomic E-state index is 13.2. The number of hydrogen-bond donors (Lipinski definition) is 2. The summed E-state index contributed by atoms with van der Waals surface area (Å²) in [4.78, 5) is 26.6. The lowest BCUT2D eigenvalue weighted by Gasteiger charge is -2.07. The van der Waals surface area contributed by atoms with Crippen LogP contribution in [0.15, 0.2) is 77.2 Å². The number of thiophene rings is 1. The first-order valence-corrected chi connectivity index (χ1v) is 11.2. The van der Waals surface area contributed by atoms with Gasteiger partial charge in [0, 0.05) is 21.2 Å². The van der Waals surface area contributed by atoms with E-state index in [1.54, 1.807) is 49.6 Å². The zero-order chi connectivity index (χ0) is 22.9. The van der Waals surface area contributed by atoms with Crippen molar-refractivity contribution in [2.75, 3.05) is 17.7 Å². The van der Waals surface area contributed by atoms with Crippen LogP contribution in [0, 0.1) is 0 Å². The Morgan fingerprint density at radius 2 is 1.58 bits per heavy atom. The summed E-state index contributed by atoms with van der Waals surface area (Å²) in [7, 11) is 1.57. The largest absolute Gasteiger partial charge is 0.497 e. The number of carbonyl (C=O) groups excluding carboxylic acids is 2. The molecule has 0 aliphatic heterocycles. The predicted octanol–water partition coefficient (Wildman–Crippen LogP) is 6.81. The van der Waals surface area contributed by atoms with E-state index in [4.69, 9.17) is 20.8 Å². The van der Waals surface area contributed by atoms with Crippen molar-refractivity contribution in [1.29, 1.82) is 0 Å². The fraction of sp³-hybridized carbons (Fsp3) is 0.0400. The van der Waals surface area contributed by atoms with Gasteiger partial charge < -0.3 is 19.8 Å². The monoisotopic (exact) mass is 476 g/mol. The Kier molecular flexibility index (Phi) is 5.50. The van der Waals surface area contributed by atoms with E-state index < -0.39 is 11.8 Å². The van der Waals surface area contributed by atoms with Gasteiger partial charge in [-0.3, -0.25) is 9.59 Å². The van der Waals surface area contributed by atoms with Crippen LogP contribution in [0.5, 0.6) is 5.75 Å². The summed E-state index contributed by atoms with van der Waals surface area (Å²) in [5.74, 6) is -0.233. The van der Waals surface area contributed by atoms with E-state index in [9.17, 15) is 9.59 Å². The maximum absolute atomic E-state index is 13.2. The molecule has 0 saturated carbocycles. The third-order valence-corrected chi connectivity index (χ3v) is 6.80. The first-order valence-electron chi connectivity index (χ1n) is 10.0. The van der Waals surface area contributed by atoms with Gasteiger partial charge in [-0.1, -0.05) is 41.9 Å². The van der Waals surface area contributed by atoms with Crippen LogP contribution in [0.2, 0.25) is 5.02 Å². The van der Waals surface area contributed by atoms with E-state index in [1.807, 2.05) is 30.3 Å². The highest BCUT2D eigenvalue weighted by Gasteiger charge is 2.25.